The largest absolute Gasteiger partial charge is 0.480 e. The molecule has 0 bridgehead atoms. The van der Waals surface area contributed by atoms with E-state index in [4.69, 9.17) is 37.7 Å². The van der Waals surface area contributed by atoms with E-state index in [0.29, 0.717) is 27.8 Å². The monoisotopic (exact) mass is 554 g/mol. The van der Waals surface area contributed by atoms with E-state index in [1.165, 1.54) is 24.9 Å². The molecule has 4 heterocycles. The molecule has 0 radical (unpaired) electrons. The number of fused-ring (bicyclic) bond motifs is 1. The molecule has 1 aromatic carbocycles. The first kappa shape index (κ1) is 25.7. The van der Waals surface area contributed by atoms with Crippen LogP contribution in [0.2, 0.25) is 10.0 Å². The second-order valence-corrected chi connectivity index (χ2v) is 9.85. The van der Waals surface area contributed by atoms with Gasteiger partial charge < -0.3 is 18.6 Å². The standard InChI is InChI=1S/C26H24Cl2N6O4/c1-13(2)33-21-19(30-22(33)17-11-29-26(38-5)31-23(17)37-4)25(36)34(16-10-18(28)24(35)32(3)12-16)20(21)14-6-8-15(27)9-7-14/h6-13,20H,1-5H3/t20-/m0/s1. The molecule has 12 heteroatoms. The highest BCUT2D eigenvalue weighted by Gasteiger charge is 2.45. The Morgan fingerprint density at radius 3 is 2.34 bits per heavy atom. The SMILES string of the molecule is COc1ncc(-c2nc3c(n2C(C)C)[C@H](c2ccc(Cl)cc2)N(c2cc(Cl)c(=O)n(C)c2)C3=O)c(OC)n1. The molecule has 0 saturated heterocycles. The number of carbonyl (C=O) groups is 1. The number of nitrogens with zero attached hydrogens (tertiary/aromatic N) is 6. The average molecular weight is 555 g/mol. The topological polar surface area (TPSA) is 104 Å². The number of hydrogen-bond acceptors (Lipinski definition) is 7. The third-order valence-corrected chi connectivity index (χ3v) is 6.86. The van der Waals surface area contributed by atoms with E-state index in [-0.39, 0.29) is 40.1 Å². The molecule has 0 saturated carbocycles. The van der Waals surface area contributed by atoms with Gasteiger partial charge in [0, 0.05) is 30.5 Å². The Labute approximate surface area is 228 Å². The third kappa shape index (κ3) is 4.10. The molecule has 3 aromatic heterocycles. The minimum absolute atomic E-state index is 0.00439. The van der Waals surface area contributed by atoms with E-state index in [9.17, 15) is 9.59 Å². The number of hydrogen-bond donors (Lipinski definition) is 0. The van der Waals surface area contributed by atoms with Crippen LogP contribution in [0.4, 0.5) is 5.69 Å². The fraction of sp³-hybridized carbons (Fsp3) is 0.269. The molecule has 1 atom stereocenters. The number of aryl methyl sites for hydroxylation is 1. The molecule has 1 aliphatic rings. The van der Waals surface area contributed by atoms with Crippen LogP contribution < -0.4 is 19.9 Å². The lowest BCUT2D eigenvalue weighted by molar-refractivity contribution is 0.0989. The summed E-state index contributed by atoms with van der Waals surface area (Å²) in [4.78, 5) is 41.3. The normalized spacial score (nSPS) is 14.8. The smallest absolute Gasteiger partial charge is 0.319 e. The second kappa shape index (κ2) is 9.77. The van der Waals surface area contributed by atoms with Crippen LogP contribution in [0.5, 0.6) is 11.9 Å². The molecule has 10 nitrogen and oxygen atoms in total. The minimum atomic E-state index is -0.586. The van der Waals surface area contributed by atoms with E-state index in [1.807, 2.05) is 30.5 Å². The predicted molar refractivity (Wildman–Crippen MR) is 144 cm³/mol. The van der Waals surface area contributed by atoms with Crippen LogP contribution >= 0.6 is 23.2 Å². The minimum Gasteiger partial charge on any atom is -0.480 e. The van der Waals surface area contributed by atoms with Gasteiger partial charge in [-0.3, -0.25) is 14.5 Å². The summed E-state index contributed by atoms with van der Waals surface area (Å²) in [5, 5.41) is 0.568. The zero-order valence-corrected chi connectivity index (χ0v) is 22.8. The summed E-state index contributed by atoms with van der Waals surface area (Å²) in [5.74, 6) is 0.401. The fourth-order valence-corrected chi connectivity index (χ4v) is 5.06. The van der Waals surface area contributed by atoms with Gasteiger partial charge in [0.25, 0.3) is 11.5 Å². The van der Waals surface area contributed by atoms with E-state index >= 15 is 0 Å². The van der Waals surface area contributed by atoms with Crippen molar-refractivity contribution in [3.05, 3.63) is 80.1 Å². The number of ether oxygens (including phenoxy) is 2. The Bertz CT molecular complexity index is 1590. The van der Waals surface area contributed by atoms with Gasteiger partial charge >= 0.3 is 6.01 Å². The molecule has 0 spiro atoms. The highest BCUT2D eigenvalue weighted by Crippen LogP contribution is 2.45. The zero-order chi connectivity index (χ0) is 27.3. The lowest BCUT2D eigenvalue weighted by Gasteiger charge is -2.28. The van der Waals surface area contributed by atoms with Crippen molar-refractivity contribution in [2.24, 2.45) is 7.05 Å². The predicted octanol–water partition coefficient (Wildman–Crippen LogP) is 4.69. The molecule has 0 fully saturated rings. The molecule has 38 heavy (non-hydrogen) atoms. The van der Waals surface area contributed by atoms with Crippen molar-refractivity contribution in [3.8, 4) is 23.3 Å². The summed E-state index contributed by atoms with van der Waals surface area (Å²) < 4.78 is 14.0. The maximum atomic E-state index is 14.0. The molecule has 0 unspecified atom stereocenters. The van der Waals surface area contributed by atoms with Crippen molar-refractivity contribution in [2.75, 3.05) is 19.1 Å². The van der Waals surface area contributed by atoms with Crippen LogP contribution in [-0.2, 0) is 7.05 Å². The molecular weight excluding hydrogens is 531 g/mol. The highest BCUT2D eigenvalue weighted by atomic mass is 35.5. The molecule has 0 aliphatic carbocycles. The number of amides is 1. The number of imidazole rings is 1. The first-order valence-electron chi connectivity index (χ1n) is 11.7. The second-order valence-electron chi connectivity index (χ2n) is 9.00. The quantitative estimate of drug-likeness (QED) is 0.340. The van der Waals surface area contributed by atoms with Crippen LogP contribution in [0.1, 0.15) is 47.7 Å². The van der Waals surface area contributed by atoms with E-state index in [1.54, 1.807) is 36.5 Å². The van der Waals surface area contributed by atoms with Crippen molar-refractivity contribution in [2.45, 2.75) is 25.9 Å². The summed E-state index contributed by atoms with van der Waals surface area (Å²) in [5.41, 5.74) is 2.35. The summed E-state index contributed by atoms with van der Waals surface area (Å²) in [6.45, 7) is 3.99. The zero-order valence-electron chi connectivity index (χ0n) is 21.3. The maximum absolute atomic E-state index is 14.0. The first-order chi connectivity index (χ1) is 18.2. The number of benzene rings is 1. The number of rotatable bonds is 6. The molecule has 0 N–H and O–H groups in total. The molecule has 4 aromatic rings. The average Bonchev–Trinajstić information content (AvgIpc) is 3.42. The van der Waals surface area contributed by atoms with Gasteiger partial charge in [-0.05, 0) is 37.6 Å². The molecule has 1 aliphatic heterocycles. The molecule has 5 rings (SSSR count). The van der Waals surface area contributed by atoms with Crippen molar-refractivity contribution < 1.29 is 14.3 Å². The summed E-state index contributed by atoms with van der Waals surface area (Å²) in [6, 6.07) is 8.20. The van der Waals surface area contributed by atoms with Crippen LogP contribution in [0.3, 0.4) is 0 Å². The van der Waals surface area contributed by atoms with Crippen LogP contribution in [0.25, 0.3) is 11.4 Å². The number of pyridine rings is 1. The number of methoxy groups -OCH3 is 2. The van der Waals surface area contributed by atoms with Gasteiger partial charge in [0.05, 0.1) is 31.2 Å². The Morgan fingerprint density at radius 2 is 1.74 bits per heavy atom. The first-order valence-corrected chi connectivity index (χ1v) is 12.4. The van der Waals surface area contributed by atoms with Gasteiger partial charge in [0.2, 0.25) is 5.88 Å². The van der Waals surface area contributed by atoms with Gasteiger partial charge in [0.1, 0.15) is 16.9 Å². The van der Waals surface area contributed by atoms with Gasteiger partial charge in [-0.15, -0.1) is 0 Å². The summed E-state index contributed by atoms with van der Waals surface area (Å²) in [7, 11) is 4.55. The van der Waals surface area contributed by atoms with Crippen molar-refractivity contribution in [1.29, 1.82) is 0 Å². The van der Waals surface area contributed by atoms with Crippen molar-refractivity contribution in [3.63, 3.8) is 0 Å². The number of carbonyl (C=O) groups excluding carboxylic acids is 1. The Kier molecular flexibility index (Phi) is 6.62. The number of halogens is 2. The summed E-state index contributed by atoms with van der Waals surface area (Å²) in [6.07, 6.45) is 3.15. The van der Waals surface area contributed by atoms with Crippen LogP contribution in [0.15, 0.2) is 47.5 Å². The Balaban J connectivity index is 1.79. The fourth-order valence-electron chi connectivity index (χ4n) is 4.69. The van der Waals surface area contributed by atoms with Gasteiger partial charge in [-0.1, -0.05) is 35.3 Å². The van der Waals surface area contributed by atoms with E-state index in [0.717, 1.165) is 5.56 Å². The lowest BCUT2D eigenvalue weighted by atomic mass is 10.0. The molecule has 196 valence electrons. The Hall–Kier alpha value is -3.89. The van der Waals surface area contributed by atoms with Crippen LogP contribution in [-0.4, -0.2) is 44.2 Å². The van der Waals surface area contributed by atoms with Crippen molar-refractivity contribution in [1.82, 2.24) is 24.1 Å². The van der Waals surface area contributed by atoms with Crippen molar-refractivity contribution >= 4 is 34.8 Å². The molecule has 1 amide bonds. The maximum Gasteiger partial charge on any atom is 0.319 e. The number of aromatic nitrogens is 5. The van der Waals surface area contributed by atoms with E-state index < -0.39 is 6.04 Å². The van der Waals surface area contributed by atoms with Gasteiger partial charge in [-0.25, -0.2) is 9.97 Å². The van der Waals surface area contributed by atoms with Crippen LogP contribution in [0, 0.1) is 0 Å². The number of anilines is 1. The third-order valence-electron chi connectivity index (χ3n) is 6.34. The van der Waals surface area contributed by atoms with Gasteiger partial charge in [-0.2, -0.15) is 4.98 Å². The lowest BCUT2D eigenvalue weighted by Crippen LogP contribution is -2.32. The Morgan fingerprint density at radius 1 is 1.03 bits per heavy atom. The van der Waals surface area contributed by atoms with Gasteiger partial charge in [0.15, 0.2) is 5.69 Å². The summed E-state index contributed by atoms with van der Waals surface area (Å²) >= 11 is 12.4. The highest BCUT2D eigenvalue weighted by molar-refractivity contribution is 6.31. The van der Waals surface area contributed by atoms with E-state index in [2.05, 4.69) is 9.97 Å². The molecular formula is C26H24Cl2N6O4.